The zero-order valence-corrected chi connectivity index (χ0v) is 16.0. The summed E-state index contributed by atoms with van der Waals surface area (Å²) in [6.45, 7) is 1.12. The standard InChI is InChI=1S/C20H20F2N6O2/c21-15-7-13(8-16(22)9-15)17-1-4-26-28(17)19(30)12-2-5-27(6-3-12)20-24-10-14(11-25-20)18(23)29/h4,7-12,17H,1-3,5-6H2,(H2,23,29). The Balaban J connectivity index is 1.41. The van der Waals surface area contributed by atoms with E-state index in [4.69, 9.17) is 5.73 Å². The molecule has 1 aromatic heterocycles. The Labute approximate surface area is 171 Å². The second-order valence-electron chi connectivity index (χ2n) is 7.33. The van der Waals surface area contributed by atoms with Crippen LogP contribution in [0.4, 0.5) is 14.7 Å². The maximum absolute atomic E-state index is 13.6. The molecule has 2 aliphatic rings. The van der Waals surface area contributed by atoms with Crippen LogP contribution in [0.5, 0.6) is 0 Å². The summed E-state index contributed by atoms with van der Waals surface area (Å²) in [7, 11) is 0. The zero-order chi connectivity index (χ0) is 21.3. The first-order valence-corrected chi connectivity index (χ1v) is 9.60. The molecule has 4 rings (SSSR count). The van der Waals surface area contributed by atoms with Gasteiger partial charge in [0, 0.05) is 50.1 Å². The van der Waals surface area contributed by atoms with Gasteiger partial charge in [0.05, 0.1) is 11.6 Å². The number of primary amides is 1. The van der Waals surface area contributed by atoms with Crippen LogP contribution >= 0.6 is 0 Å². The van der Waals surface area contributed by atoms with Crippen molar-refractivity contribution in [3.05, 3.63) is 53.4 Å². The summed E-state index contributed by atoms with van der Waals surface area (Å²) in [5.41, 5.74) is 5.82. The lowest BCUT2D eigenvalue weighted by atomic mass is 9.94. The lowest BCUT2D eigenvalue weighted by Gasteiger charge is -2.33. The first kappa shape index (κ1) is 19.9. The van der Waals surface area contributed by atoms with Gasteiger partial charge in [-0.05, 0) is 30.5 Å². The lowest BCUT2D eigenvalue weighted by Crippen LogP contribution is -2.41. The molecule has 156 valence electrons. The number of nitrogens with two attached hydrogens (primary N) is 1. The number of aromatic nitrogens is 2. The van der Waals surface area contributed by atoms with Crippen LogP contribution in [-0.4, -0.2) is 46.1 Å². The van der Waals surface area contributed by atoms with Crippen LogP contribution in [0.3, 0.4) is 0 Å². The second kappa shape index (κ2) is 8.13. The van der Waals surface area contributed by atoms with Crippen LogP contribution in [0.2, 0.25) is 0 Å². The van der Waals surface area contributed by atoms with E-state index in [-0.39, 0.29) is 17.4 Å². The largest absolute Gasteiger partial charge is 0.366 e. The van der Waals surface area contributed by atoms with Crippen molar-refractivity contribution in [2.24, 2.45) is 16.8 Å². The molecule has 0 saturated carbocycles. The van der Waals surface area contributed by atoms with Gasteiger partial charge in [0.25, 0.3) is 5.91 Å². The Morgan fingerprint density at radius 1 is 1.03 bits per heavy atom. The van der Waals surface area contributed by atoms with Gasteiger partial charge >= 0.3 is 0 Å². The molecule has 2 N–H and O–H groups in total. The van der Waals surface area contributed by atoms with Crippen molar-refractivity contribution in [3.8, 4) is 0 Å². The summed E-state index contributed by atoms with van der Waals surface area (Å²) in [6.07, 6.45) is 5.89. The van der Waals surface area contributed by atoms with E-state index in [1.54, 1.807) is 6.21 Å². The minimum atomic E-state index is -0.681. The number of hydrogen-bond acceptors (Lipinski definition) is 6. The highest BCUT2D eigenvalue weighted by Crippen LogP contribution is 2.32. The summed E-state index contributed by atoms with van der Waals surface area (Å²) in [5.74, 6) is -1.91. The molecule has 30 heavy (non-hydrogen) atoms. The zero-order valence-electron chi connectivity index (χ0n) is 16.0. The van der Waals surface area contributed by atoms with Crippen molar-refractivity contribution in [3.63, 3.8) is 0 Å². The third kappa shape index (κ3) is 3.98. The van der Waals surface area contributed by atoms with Gasteiger partial charge in [-0.25, -0.2) is 23.8 Å². The van der Waals surface area contributed by atoms with E-state index in [1.807, 2.05) is 4.90 Å². The van der Waals surface area contributed by atoms with Gasteiger partial charge in [0.1, 0.15) is 11.6 Å². The van der Waals surface area contributed by atoms with Crippen molar-refractivity contribution in [2.75, 3.05) is 18.0 Å². The summed E-state index contributed by atoms with van der Waals surface area (Å²) in [6, 6.07) is 2.76. The molecular formula is C20H20F2N6O2. The molecule has 2 aromatic rings. The van der Waals surface area contributed by atoms with E-state index < -0.39 is 23.6 Å². The van der Waals surface area contributed by atoms with Crippen molar-refractivity contribution in [1.29, 1.82) is 0 Å². The molecule has 1 aromatic carbocycles. The van der Waals surface area contributed by atoms with Crippen LogP contribution < -0.4 is 10.6 Å². The molecule has 1 fully saturated rings. The first-order chi connectivity index (χ1) is 14.4. The number of benzene rings is 1. The number of carbonyl (C=O) groups is 2. The van der Waals surface area contributed by atoms with Crippen LogP contribution in [0.15, 0.2) is 35.7 Å². The van der Waals surface area contributed by atoms with E-state index in [0.717, 1.165) is 6.07 Å². The number of anilines is 1. The predicted molar refractivity (Wildman–Crippen MR) is 105 cm³/mol. The van der Waals surface area contributed by atoms with E-state index in [9.17, 15) is 18.4 Å². The fourth-order valence-corrected chi connectivity index (χ4v) is 3.80. The fraction of sp³-hybridized carbons (Fsp3) is 0.350. The van der Waals surface area contributed by atoms with Gasteiger partial charge in [-0.3, -0.25) is 9.59 Å². The van der Waals surface area contributed by atoms with Gasteiger partial charge in [0.15, 0.2) is 0 Å². The maximum atomic E-state index is 13.6. The SMILES string of the molecule is NC(=O)c1cnc(N2CCC(C(=O)N3N=CCC3c3cc(F)cc(F)c3)CC2)nc1. The van der Waals surface area contributed by atoms with Crippen molar-refractivity contribution < 1.29 is 18.4 Å². The minimum Gasteiger partial charge on any atom is -0.366 e. The van der Waals surface area contributed by atoms with Crippen LogP contribution in [-0.2, 0) is 4.79 Å². The number of hydrogen-bond donors (Lipinski definition) is 1. The second-order valence-corrected chi connectivity index (χ2v) is 7.33. The summed E-state index contributed by atoms with van der Waals surface area (Å²) in [5, 5.41) is 5.50. The van der Waals surface area contributed by atoms with E-state index in [1.165, 1.54) is 29.5 Å². The van der Waals surface area contributed by atoms with Gasteiger partial charge in [0.2, 0.25) is 11.9 Å². The molecule has 0 spiro atoms. The quantitative estimate of drug-likeness (QED) is 0.824. The normalized spacial score (nSPS) is 19.3. The van der Waals surface area contributed by atoms with Gasteiger partial charge in [-0.2, -0.15) is 5.10 Å². The number of hydrazone groups is 1. The third-order valence-corrected chi connectivity index (χ3v) is 5.38. The molecule has 3 heterocycles. The van der Waals surface area contributed by atoms with Crippen LogP contribution in [0.1, 0.15) is 41.2 Å². The van der Waals surface area contributed by atoms with Gasteiger partial charge < -0.3 is 10.6 Å². The van der Waals surface area contributed by atoms with E-state index >= 15 is 0 Å². The first-order valence-electron chi connectivity index (χ1n) is 9.60. The Morgan fingerprint density at radius 2 is 1.67 bits per heavy atom. The third-order valence-electron chi connectivity index (χ3n) is 5.38. The smallest absolute Gasteiger partial charge is 0.251 e. The van der Waals surface area contributed by atoms with Crippen molar-refractivity contribution >= 4 is 24.0 Å². The van der Waals surface area contributed by atoms with E-state index in [2.05, 4.69) is 15.1 Å². The van der Waals surface area contributed by atoms with Crippen molar-refractivity contribution in [1.82, 2.24) is 15.0 Å². The number of nitrogens with zero attached hydrogens (tertiary/aromatic N) is 5. The average molecular weight is 414 g/mol. The summed E-state index contributed by atoms with van der Waals surface area (Å²) in [4.78, 5) is 34.4. The van der Waals surface area contributed by atoms with Crippen LogP contribution in [0.25, 0.3) is 0 Å². The number of carbonyl (C=O) groups excluding carboxylic acids is 2. The molecular weight excluding hydrogens is 394 g/mol. The molecule has 1 saturated heterocycles. The highest BCUT2D eigenvalue weighted by atomic mass is 19.1. The van der Waals surface area contributed by atoms with Crippen LogP contribution in [0, 0.1) is 17.6 Å². The Kier molecular flexibility index (Phi) is 5.39. The molecule has 2 aliphatic heterocycles. The number of piperidine rings is 1. The minimum absolute atomic E-state index is 0.164. The summed E-state index contributed by atoms with van der Waals surface area (Å²) >= 11 is 0. The topological polar surface area (TPSA) is 105 Å². The Morgan fingerprint density at radius 3 is 2.27 bits per heavy atom. The monoisotopic (exact) mass is 414 g/mol. The highest BCUT2D eigenvalue weighted by Gasteiger charge is 2.35. The number of rotatable bonds is 4. The predicted octanol–water partition coefficient (Wildman–Crippen LogP) is 2.03. The highest BCUT2D eigenvalue weighted by molar-refractivity contribution is 5.92. The lowest BCUT2D eigenvalue weighted by molar-refractivity contribution is -0.138. The van der Waals surface area contributed by atoms with E-state index in [0.29, 0.717) is 43.9 Å². The molecule has 1 atom stereocenters. The maximum Gasteiger partial charge on any atom is 0.251 e. The molecule has 8 nitrogen and oxygen atoms in total. The number of halogens is 2. The molecule has 0 aliphatic carbocycles. The molecule has 1 unspecified atom stereocenters. The average Bonchev–Trinajstić information content (AvgIpc) is 3.23. The molecule has 0 bridgehead atoms. The molecule has 2 amide bonds. The molecule has 0 radical (unpaired) electrons. The number of amides is 2. The summed E-state index contributed by atoms with van der Waals surface area (Å²) < 4.78 is 27.2. The molecule has 10 heteroatoms. The Hall–Kier alpha value is -3.43. The Bertz CT molecular complexity index is 969. The van der Waals surface area contributed by atoms with Gasteiger partial charge in [-0.15, -0.1) is 0 Å². The van der Waals surface area contributed by atoms with Gasteiger partial charge in [-0.1, -0.05) is 0 Å². The van der Waals surface area contributed by atoms with Crippen molar-refractivity contribution in [2.45, 2.75) is 25.3 Å². The fourth-order valence-electron chi connectivity index (χ4n) is 3.80.